The zero-order valence-electron chi connectivity index (χ0n) is 19.0. The molecule has 166 valence electrons. The molecule has 0 bridgehead atoms. The summed E-state index contributed by atoms with van der Waals surface area (Å²) >= 11 is 1.19. The monoisotopic (exact) mass is 448 g/mol. The van der Waals surface area contributed by atoms with Crippen molar-refractivity contribution in [3.8, 4) is 11.8 Å². The third-order valence-electron chi connectivity index (χ3n) is 5.66. The van der Waals surface area contributed by atoms with Gasteiger partial charge < -0.3 is 5.32 Å². The van der Waals surface area contributed by atoms with Gasteiger partial charge in [0.1, 0.15) is 5.54 Å². The lowest BCUT2D eigenvalue weighted by atomic mass is 9.90. The number of para-hydroxylation sites is 2. The molecule has 0 radical (unpaired) electrons. The first-order valence-corrected chi connectivity index (χ1v) is 11.6. The average molecular weight is 449 g/mol. The molecule has 0 spiro atoms. The second-order valence-corrected chi connectivity index (χ2v) is 9.51. The molecule has 0 aliphatic carbocycles. The molecule has 1 N–H and O–H groups in total. The molecule has 0 aliphatic heterocycles. The Morgan fingerprint density at radius 3 is 2.47 bits per heavy atom. The van der Waals surface area contributed by atoms with Gasteiger partial charge >= 0.3 is 0 Å². The third-order valence-corrected chi connectivity index (χ3v) is 6.60. The van der Waals surface area contributed by atoms with E-state index in [0.717, 1.165) is 11.3 Å². The van der Waals surface area contributed by atoms with Gasteiger partial charge in [-0.05, 0) is 42.5 Å². The number of nitriles is 1. The highest BCUT2D eigenvalue weighted by atomic mass is 32.2. The van der Waals surface area contributed by atoms with Crippen LogP contribution in [0.4, 0.5) is 0 Å². The fraction of sp³-hybridized carbons (Fsp3) is 0.360. The lowest BCUT2D eigenvalue weighted by molar-refractivity contribution is -0.120. The van der Waals surface area contributed by atoms with E-state index >= 15 is 0 Å². The number of carbonyl (C=O) groups excluding carboxylic acids is 1. The van der Waals surface area contributed by atoms with Crippen LogP contribution in [-0.4, -0.2) is 26.8 Å². The highest BCUT2D eigenvalue weighted by Gasteiger charge is 2.30. The highest BCUT2D eigenvalue weighted by molar-refractivity contribution is 7.99. The number of rotatable bonds is 7. The summed E-state index contributed by atoms with van der Waals surface area (Å²) in [7, 11) is 0. The van der Waals surface area contributed by atoms with Gasteiger partial charge in [0.2, 0.25) is 5.91 Å². The SMILES string of the molecule is CC(C)c1ccccc1-n1c(SCC(=O)N[C@@](C)(C#N)C(C)C)nc2ccccc2c1=O. The predicted molar refractivity (Wildman–Crippen MR) is 129 cm³/mol. The zero-order valence-corrected chi connectivity index (χ0v) is 19.9. The van der Waals surface area contributed by atoms with E-state index in [9.17, 15) is 14.9 Å². The van der Waals surface area contributed by atoms with Crippen LogP contribution in [0.15, 0.2) is 58.5 Å². The van der Waals surface area contributed by atoms with Crippen LogP contribution < -0.4 is 10.9 Å². The van der Waals surface area contributed by atoms with Crippen molar-refractivity contribution in [3.63, 3.8) is 0 Å². The maximum absolute atomic E-state index is 13.5. The van der Waals surface area contributed by atoms with Gasteiger partial charge in [0.15, 0.2) is 5.16 Å². The molecule has 0 fully saturated rings. The van der Waals surface area contributed by atoms with Crippen LogP contribution in [0.25, 0.3) is 16.6 Å². The number of nitrogens with zero attached hydrogens (tertiary/aromatic N) is 3. The second kappa shape index (κ2) is 9.58. The van der Waals surface area contributed by atoms with Gasteiger partial charge in [0.05, 0.1) is 28.4 Å². The van der Waals surface area contributed by atoms with E-state index in [1.165, 1.54) is 11.8 Å². The minimum Gasteiger partial charge on any atom is -0.337 e. The molecular weight excluding hydrogens is 420 g/mol. The number of hydrogen-bond donors (Lipinski definition) is 1. The first kappa shape index (κ1) is 23.6. The van der Waals surface area contributed by atoms with Crippen molar-refractivity contribution < 1.29 is 4.79 Å². The van der Waals surface area contributed by atoms with Gasteiger partial charge in [-0.15, -0.1) is 0 Å². The van der Waals surface area contributed by atoms with E-state index in [0.29, 0.717) is 16.1 Å². The molecule has 0 saturated heterocycles. The molecule has 1 atom stereocenters. The van der Waals surface area contributed by atoms with Gasteiger partial charge in [-0.25, -0.2) is 4.98 Å². The number of fused-ring (bicyclic) bond motifs is 1. The fourth-order valence-electron chi connectivity index (χ4n) is 3.36. The number of carbonyl (C=O) groups is 1. The molecule has 0 saturated carbocycles. The molecule has 1 aromatic heterocycles. The zero-order chi connectivity index (χ0) is 23.5. The lowest BCUT2D eigenvalue weighted by Crippen LogP contribution is -2.49. The number of hydrogen-bond acceptors (Lipinski definition) is 5. The molecular formula is C25H28N4O2S. The third kappa shape index (κ3) is 4.71. The molecule has 2 aromatic carbocycles. The molecule has 32 heavy (non-hydrogen) atoms. The summed E-state index contributed by atoms with van der Waals surface area (Å²) in [4.78, 5) is 30.9. The first-order chi connectivity index (χ1) is 15.2. The number of amides is 1. The lowest BCUT2D eigenvalue weighted by Gasteiger charge is -2.27. The Hall–Kier alpha value is -3.11. The summed E-state index contributed by atoms with van der Waals surface area (Å²) in [6.45, 7) is 9.65. The van der Waals surface area contributed by atoms with Gasteiger partial charge in [-0.3, -0.25) is 14.2 Å². The van der Waals surface area contributed by atoms with E-state index in [-0.39, 0.29) is 29.1 Å². The summed E-state index contributed by atoms with van der Waals surface area (Å²) in [5, 5.41) is 13.3. The van der Waals surface area contributed by atoms with Crippen molar-refractivity contribution in [2.24, 2.45) is 5.92 Å². The Morgan fingerprint density at radius 2 is 1.81 bits per heavy atom. The summed E-state index contributed by atoms with van der Waals surface area (Å²) in [5.74, 6) is -0.0817. The van der Waals surface area contributed by atoms with E-state index in [2.05, 4.69) is 25.2 Å². The van der Waals surface area contributed by atoms with E-state index < -0.39 is 5.54 Å². The second-order valence-electron chi connectivity index (χ2n) is 8.57. The Kier molecular flexibility index (Phi) is 7.05. The maximum atomic E-state index is 13.5. The normalized spacial score (nSPS) is 13.2. The molecule has 1 heterocycles. The fourth-order valence-corrected chi connectivity index (χ4v) is 4.16. The first-order valence-electron chi connectivity index (χ1n) is 10.6. The summed E-state index contributed by atoms with van der Waals surface area (Å²) in [6, 6.07) is 17.2. The Bertz CT molecular complexity index is 1240. The van der Waals surface area contributed by atoms with Crippen LogP contribution in [-0.2, 0) is 4.79 Å². The molecule has 3 rings (SSSR count). The smallest absolute Gasteiger partial charge is 0.266 e. The van der Waals surface area contributed by atoms with Gasteiger partial charge in [0, 0.05) is 0 Å². The Morgan fingerprint density at radius 1 is 1.16 bits per heavy atom. The minimum atomic E-state index is -0.960. The van der Waals surface area contributed by atoms with Crippen LogP contribution in [0.2, 0.25) is 0 Å². The van der Waals surface area contributed by atoms with Crippen molar-refractivity contribution in [1.82, 2.24) is 14.9 Å². The molecule has 0 aliphatic rings. The largest absolute Gasteiger partial charge is 0.337 e. The quantitative estimate of drug-likeness (QED) is 0.420. The topological polar surface area (TPSA) is 87.8 Å². The van der Waals surface area contributed by atoms with Crippen LogP contribution in [0, 0.1) is 17.2 Å². The van der Waals surface area contributed by atoms with Crippen LogP contribution in [0.5, 0.6) is 0 Å². The summed E-state index contributed by atoms with van der Waals surface area (Å²) in [5.41, 5.74) is 1.24. The van der Waals surface area contributed by atoms with Gasteiger partial charge in [-0.1, -0.05) is 69.8 Å². The van der Waals surface area contributed by atoms with Crippen LogP contribution in [0.1, 0.15) is 46.1 Å². The van der Waals surface area contributed by atoms with Gasteiger partial charge in [0.25, 0.3) is 5.56 Å². The Balaban J connectivity index is 2.06. The number of thioether (sulfide) groups is 1. The minimum absolute atomic E-state index is 0.0403. The standard InChI is InChI=1S/C25H28N4O2S/c1-16(2)18-10-7-9-13-21(18)29-23(31)19-11-6-8-12-20(19)27-24(29)32-14-22(30)28-25(5,15-26)17(3)4/h6-13,16-17H,14H2,1-5H3,(H,28,30)/t25-/m0/s1. The number of aromatic nitrogens is 2. The van der Waals surface area contributed by atoms with Crippen molar-refractivity contribution in [2.45, 2.75) is 51.2 Å². The van der Waals surface area contributed by atoms with E-state index in [4.69, 9.17) is 4.98 Å². The number of benzene rings is 2. The van der Waals surface area contributed by atoms with Crippen molar-refractivity contribution >= 4 is 28.6 Å². The Labute approximate surface area is 192 Å². The number of nitrogens with one attached hydrogen (secondary N) is 1. The highest BCUT2D eigenvalue weighted by Crippen LogP contribution is 2.27. The van der Waals surface area contributed by atoms with E-state index in [1.807, 2.05) is 50.2 Å². The van der Waals surface area contributed by atoms with E-state index in [1.54, 1.807) is 23.6 Å². The molecule has 1 amide bonds. The molecule has 6 nitrogen and oxygen atoms in total. The predicted octanol–water partition coefficient (Wildman–Crippen LogP) is 4.66. The molecule has 7 heteroatoms. The van der Waals surface area contributed by atoms with Crippen LogP contribution in [0.3, 0.4) is 0 Å². The molecule has 0 unspecified atom stereocenters. The molecule has 3 aromatic rings. The average Bonchev–Trinajstić information content (AvgIpc) is 2.77. The van der Waals surface area contributed by atoms with Crippen molar-refractivity contribution in [3.05, 3.63) is 64.4 Å². The van der Waals surface area contributed by atoms with Gasteiger partial charge in [-0.2, -0.15) is 5.26 Å². The van der Waals surface area contributed by atoms with Crippen LogP contribution >= 0.6 is 11.8 Å². The summed E-state index contributed by atoms with van der Waals surface area (Å²) in [6.07, 6.45) is 0. The maximum Gasteiger partial charge on any atom is 0.266 e. The summed E-state index contributed by atoms with van der Waals surface area (Å²) < 4.78 is 1.60. The van der Waals surface area contributed by atoms with Crippen molar-refractivity contribution in [1.29, 1.82) is 5.26 Å². The van der Waals surface area contributed by atoms with Crippen molar-refractivity contribution in [2.75, 3.05) is 5.75 Å².